The van der Waals surface area contributed by atoms with Gasteiger partial charge in [-0.3, -0.25) is 9.59 Å². The van der Waals surface area contributed by atoms with Crippen molar-refractivity contribution < 1.29 is 14.3 Å². The fourth-order valence-corrected chi connectivity index (χ4v) is 2.28. The van der Waals surface area contributed by atoms with E-state index < -0.39 is 6.04 Å². The summed E-state index contributed by atoms with van der Waals surface area (Å²) < 4.78 is 5.54. The van der Waals surface area contributed by atoms with Crippen molar-refractivity contribution in [2.24, 2.45) is 0 Å². The standard InChI is InChI=1S/C16H22N2O3/c1-11(2)21-13-8-6-12(7-9-13)15(19)18-14-5-3-4-10-17-16(14)20/h6-9,11,14H,3-5,10H2,1-2H3,(H,17,20)(H,18,19)/t14-/m1/s1. The molecule has 2 N–H and O–H groups in total. The third-order valence-electron chi connectivity index (χ3n) is 3.33. The second kappa shape index (κ2) is 7.11. The predicted octanol–water partition coefficient (Wildman–Crippen LogP) is 1.87. The van der Waals surface area contributed by atoms with E-state index in [1.165, 1.54) is 0 Å². The van der Waals surface area contributed by atoms with Crippen LogP contribution in [0.2, 0.25) is 0 Å². The third kappa shape index (κ3) is 4.48. The van der Waals surface area contributed by atoms with E-state index in [1.807, 2.05) is 13.8 Å². The van der Waals surface area contributed by atoms with Crippen LogP contribution in [-0.2, 0) is 4.79 Å². The minimum atomic E-state index is -0.438. The molecule has 0 spiro atoms. The first kappa shape index (κ1) is 15.4. The normalized spacial score (nSPS) is 18.8. The van der Waals surface area contributed by atoms with E-state index in [-0.39, 0.29) is 17.9 Å². The number of carbonyl (C=O) groups excluding carboxylic acids is 2. The number of hydrogen-bond acceptors (Lipinski definition) is 3. The molecule has 1 saturated heterocycles. The summed E-state index contributed by atoms with van der Waals surface area (Å²) in [5.41, 5.74) is 0.531. The van der Waals surface area contributed by atoms with Gasteiger partial charge in [-0.15, -0.1) is 0 Å². The molecule has 1 heterocycles. The number of amides is 2. The van der Waals surface area contributed by atoms with Gasteiger partial charge in [0, 0.05) is 12.1 Å². The summed E-state index contributed by atoms with van der Waals surface area (Å²) in [6, 6.07) is 6.51. The van der Waals surface area contributed by atoms with Crippen molar-refractivity contribution in [2.75, 3.05) is 6.54 Å². The van der Waals surface area contributed by atoms with E-state index in [0.717, 1.165) is 18.6 Å². The first-order valence-electron chi connectivity index (χ1n) is 7.41. The molecule has 0 aliphatic carbocycles. The Morgan fingerprint density at radius 3 is 2.67 bits per heavy atom. The van der Waals surface area contributed by atoms with Crippen molar-refractivity contribution in [3.05, 3.63) is 29.8 Å². The quantitative estimate of drug-likeness (QED) is 0.889. The molecule has 2 amide bonds. The molecular weight excluding hydrogens is 268 g/mol. The van der Waals surface area contributed by atoms with Crippen LogP contribution in [0.5, 0.6) is 5.75 Å². The molecule has 1 atom stereocenters. The average Bonchev–Trinajstić information content (AvgIpc) is 2.64. The van der Waals surface area contributed by atoms with Gasteiger partial charge in [-0.2, -0.15) is 0 Å². The second-order valence-electron chi connectivity index (χ2n) is 5.50. The molecule has 5 nitrogen and oxygen atoms in total. The van der Waals surface area contributed by atoms with Gasteiger partial charge in [0.25, 0.3) is 5.91 Å². The van der Waals surface area contributed by atoms with Crippen LogP contribution in [-0.4, -0.2) is 30.5 Å². The fraction of sp³-hybridized carbons (Fsp3) is 0.500. The molecular formula is C16H22N2O3. The number of rotatable bonds is 4. The minimum absolute atomic E-state index is 0.0966. The van der Waals surface area contributed by atoms with Crippen LogP contribution in [0.1, 0.15) is 43.5 Å². The van der Waals surface area contributed by atoms with Gasteiger partial charge in [0.05, 0.1) is 6.10 Å². The smallest absolute Gasteiger partial charge is 0.251 e. The van der Waals surface area contributed by atoms with Crippen molar-refractivity contribution in [1.82, 2.24) is 10.6 Å². The molecule has 21 heavy (non-hydrogen) atoms. The SMILES string of the molecule is CC(C)Oc1ccc(C(=O)N[C@@H]2CCCCNC2=O)cc1. The van der Waals surface area contributed by atoms with Crippen molar-refractivity contribution in [3.63, 3.8) is 0 Å². The van der Waals surface area contributed by atoms with E-state index in [4.69, 9.17) is 4.74 Å². The average molecular weight is 290 g/mol. The van der Waals surface area contributed by atoms with Crippen LogP contribution in [0.4, 0.5) is 0 Å². The maximum atomic E-state index is 12.2. The molecule has 114 valence electrons. The zero-order valence-corrected chi connectivity index (χ0v) is 12.5. The predicted molar refractivity (Wildman–Crippen MR) is 80.3 cm³/mol. The monoisotopic (exact) mass is 290 g/mol. The lowest BCUT2D eigenvalue weighted by Crippen LogP contribution is -2.45. The van der Waals surface area contributed by atoms with Crippen molar-refractivity contribution in [3.8, 4) is 5.75 Å². The Kier molecular flexibility index (Phi) is 5.20. The molecule has 1 aliphatic heterocycles. The van der Waals surface area contributed by atoms with Crippen molar-refractivity contribution >= 4 is 11.8 Å². The third-order valence-corrected chi connectivity index (χ3v) is 3.33. The Morgan fingerprint density at radius 2 is 2.00 bits per heavy atom. The fourth-order valence-electron chi connectivity index (χ4n) is 2.28. The van der Waals surface area contributed by atoms with Crippen molar-refractivity contribution in [2.45, 2.75) is 45.3 Å². The van der Waals surface area contributed by atoms with Crippen LogP contribution in [0.15, 0.2) is 24.3 Å². The Hall–Kier alpha value is -2.04. The molecule has 0 radical (unpaired) electrons. The first-order chi connectivity index (χ1) is 10.1. The molecule has 1 aliphatic rings. The summed E-state index contributed by atoms with van der Waals surface area (Å²) in [6.45, 7) is 4.59. The summed E-state index contributed by atoms with van der Waals surface area (Å²) in [5, 5.41) is 5.60. The molecule has 1 fully saturated rings. The van der Waals surface area contributed by atoms with Gasteiger partial charge in [-0.1, -0.05) is 0 Å². The molecule has 0 saturated carbocycles. The van der Waals surface area contributed by atoms with Crippen molar-refractivity contribution in [1.29, 1.82) is 0 Å². The first-order valence-corrected chi connectivity index (χ1v) is 7.41. The molecule has 0 aromatic heterocycles. The highest BCUT2D eigenvalue weighted by molar-refractivity contribution is 5.97. The topological polar surface area (TPSA) is 67.4 Å². The minimum Gasteiger partial charge on any atom is -0.491 e. The summed E-state index contributed by atoms with van der Waals surface area (Å²) in [7, 11) is 0. The number of benzene rings is 1. The van der Waals surface area contributed by atoms with E-state index in [9.17, 15) is 9.59 Å². The maximum Gasteiger partial charge on any atom is 0.251 e. The van der Waals surface area contributed by atoms with E-state index in [0.29, 0.717) is 18.5 Å². The second-order valence-corrected chi connectivity index (χ2v) is 5.50. The summed E-state index contributed by atoms with van der Waals surface area (Å²) in [6.07, 6.45) is 2.68. The van der Waals surface area contributed by atoms with Crippen LogP contribution in [0.3, 0.4) is 0 Å². The van der Waals surface area contributed by atoms with Gasteiger partial charge in [-0.25, -0.2) is 0 Å². The molecule has 5 heteroatoms. The summed E-state index contributed by atoms with van der Waals surface area (Å²) >= 11 is 0. The molecule has 0 bridgehead atoms. The number of ether oxygens (including phenoxy) is 1. The summed E-state index contributed by atoms with van der Waals surface area (Å²) in [4.78, 5) is 24.0. The highest BCUT2D eigenvalue weighted by Gasteiger charge is 2.22. The van der Waals surface area contributed by atoms with Crippen LogP contribution in [0.25, 0.3) is 0 Å². The van der Waals surface area contributed by atoms with E-state index in [2.05, 4.69) is 10.6 Å². The van der Waals surface area contributed by atoms with Gasteiger partial charge in [0.2, 0.25) is 5.91 Å². The van der Waals surface area contributed by atoms with Crippen LogP contribution in [0, 0.1) is 0 Å². The molecule has 2 rings (SSSR count). The maximum absolute atomic E-state index is 12.2. The van der Waals surface area contributed by atoms with Gasteiger partial charge in [0.15, 0.2) is 0 Å². The molecule has 1 aromatic carbocycles. The van der Waals surface area contributed by atoms with E-state index >= 15 is 0 Å². The largest absolute Gasteiger partial charge is 0.491 e. The summed E-state index contributed by atoms with van der Waals surface area (Å²) in [5.74, 6) is 0.405. The Labute approximate surface area is 125 Å². The van der Waals surface area contributed by atoms with Crippen LogP contribution >= 0.6 is 0 Å². The number of nitrogens with one attached hydrogen (secondary N) is 2. The van der Waals surface area contributed by atoms with Gasteiger partial charge < -0.3 is 15.4 Å². The Morgan fingerprint density at radius 1 is 1.29 bits per heavy atom. The van der Waals surface area contributed by atoms with Crippen LogP contribution < -0.4 is 15.4 Å². The lowest BCUT2D eigenvalue weighted by Gasteiger charge is -2.15. The Bertz CT molecular complexity index is 497. The Balaban J connectivity index is 1.97. The highest BCUT2D eigenvalue weighted by atomic mass is 16.5. The van der Waals surface area contributed by atoms with Gasteiger partial charge in [0.1, 0.15) is 11.8 Å². The molecule has 0 unspecified atom stereocenters. The lowest BCUT2D eigenvalue weighted by molar-refractivity contribution is -0.122. The zero-order chi connectivity index (χ0) is 15.2. The highest BCUT2D eigenvalue weighted by Crippen LogP contribution is 2.14. The van der Waals surface area contributed by atoms with E-state index in [1.54, 1.807) is 24.3 Å². The number of hydrogen-bond donors (Lipinski definition) is 2. The molecule has 1 aromatic rings. The number of carbonyl (C=O) groups is 2. The zero-order valence-electron chi connectivity index (χ0n) is 12.5. The lowest BCUT2D eigenvalue weighted by atomic mass is 10.1. The van der Waals surface area contributed by atoms with Gasteiger partial charge in [-0.05, 0) is 57.4 Å². The van der Waals surface area contributed by atoms with Gasteiger partial charge >= 0.3 is 0 Å².